The number of hydrogen-bond donors (Lipinski definition) is 0. The van der Waals surface area contributed by atoms with Crippen LogP contribution in [0.25, 0.3) is 0 Å². The van der Waals surface area contributed by atoms with Crippen LogP contribution in [0.15, 0.2) is 12.3 Å². The summed E-state index contributed by atoms with van der Waals surface area (Å²) in [6.07, 6.45) is 9.77. The second kappa shape index (κ2) is 6.96. The fraction of sp³-hybridized carbons (Fsp3) is 0.750. The molecule has 4 heterocycles. The quantitative estimate of drug-likeness (QED) is 0.817. The molecule has 4 nitrogen and oxygen atoms in total. The minimum Gasteiger partial charge on any atom is -0.345 e. The first-order valence-electron chi connectivity index (χ1n) is 9.93. The van der Waals surface area contributed by atoms with Gasteiger partial charge in [0.15, 0.2) is 0 Å². The third kappa shape index (κ3) is 3.23. The predicted molar refractivity (Wildman–Crippen MR) is 101 cm³/mol. The van der Waals surface area contributed by atoms with Crippen molar-refractivity contribution in [1.82, 2.24) is 14.4 Å². The van der Waals surface area contributed by atoms with Crippen LogP contribution in [-0.4, -0.2) is 52.0 Å². The number of carbonyl (C=O) groups is 1. The first kappa shape index (κ1) is 17.4. The molecule has 5 heteroatoms. The van der Waals surface area contributed by atoms with Crippen LogP contribution in [0.4, 0.5) is 0 Å². The van der Waals surface area contributed by atoms with E-state index in [-0.39, 0.29) is 5.91 Å². The van der Waals surface area contributed by atoms with E-state index < -0.39 is 0 Å². The highest BCUT2D eigenvalue weighted by Crippen LogP contribution is 2.40. The van der Waals surface area contributed by atoms with Gasteiger partial charge in [0.1, 0.15) is 5.69 Å². The van der Waals surface area contributed by atoms with E-state index in [2.05, 4.69) is 16.7 Å². The molecule has 1 aromatic rings. The van der Waals surface area contributed by atoms with Crippen LogP contribution in [0.2, 0.25) is 5.02 Å². The Labute approximate surface area is 156 Å². The maximum atomic E-state index is 13.0. The average molecular weight is 364 g/mol. The Bertz CT molecular complexity index is 641. The first-order chi connectivity index (χ1) is 12.1. The van der Waals surface area contributed by atoms with Gasteiger partial charge in [0.25, 0.3) is 5.91 Å². The zero-order valence-corrected chi connectivity index (χ0v) is 16.2. The van der Waals surface area contributed by atoms with Crippen LogP contribution in [0.5, 0.6) is 0 Å². The maximum absolute atomic E-state index is 13.0. The lowest BCUT2D eigenvalue weighted by Gasteiger charge is -2.55. The monoisotopic (exact) mass is 363 g/mol. The van der Waals surface area contributed by atoms with Crippen molar-refractivity contribution in [3.05, 3.63) is 23.0 Å². The lowest BCUT2D eigenvalue weighted by atomic mass is 9.74. The zero-order valence-electron chi connectivity index (χ0n) is 15.5. The summed E-state index contributed by atoms with van der Waals surface area (Å²) in [7, 11) is 1.90. The largest absolute Gasteiger partial charge is 0.345 e. The molecule has 3 fully saturated rings. The van der Waals surface area contributed by atoms with E-state index in [0.717, 1.165) is 19.1 Å². The van der Waals surface area contributed by atoms with Gasteiger partial charge in [-0.05, 0) is 43.6 Å². The standard InChI is InChI=1S/C20H30ClN3O/c1-3-5-17-6-4-7-18-15-8-14(11-24(17)18)10-23(12-15)20(25)19-9-16(21)13-22(19)2/h9,13-15,17-18H,3-8,10-12H2,1-2H3/t14-,15+,17-,18-/m0/s1. The zero-order chi connectivity index (χ0) is 17.6. The van der Waals surface area contributed by atoms with Gasteiger partial charge in [-0.1, -0.05) is 31.4 Å². The summed E-state index contributed by atoms with van der Waals surface area (Å²) in [6, 6.07) is 3.27. The van der Waals surface area contributed by atoms with Crippen molar-refractivity contribution >= 4 is 17.5 Å². The Morgan fingerprint density at radius 3 is 2.84 bits per heavy atom. The van der Waals surface area contributed by atoms with Crippen LogP contribution in [0.3, 0.4) is 0 Å². The van der Waals surface area contributed by atoms with E-state index in [9.17, 15) is 4.79 Å². The van der Waals surface area contributed by atoms with Crippen LogP contribution < -0.4 is 0 Å². The van der Waals surface area contributed by atoms with Crippen molar-refractivity contribution in [3.8, 4) is 0 Å². The fourth-order valence-corrected chi connectivity index (χ4v) is 5.87. The van der Waals surface area contributed by atoms with Gasteiger partial charge in [-0.3, -0.25) is 9.69 Å². The highest BCUT2D eigenvalue weighted by Gasteiger charge is 2.45. The average Bonchev–Trinajstić information content (AvgIpc) is 2.93. The van der Waals surface area contributed by atoms with E-state index >= 15 is 0 Å². The summed E-state index contributed by atoms with van der Waals surface area (Å²) < 4.78 is 1.86. The second-order valence-corrected chi connectivity index (χ2v) is 8.80. The Morgan fingerprint density at radius 1 is 1.28 bits per heavy atom. The third-order valence-electron chi connectivity index (χ3n) is 6.61. The Morgan fingerprint density at radius 2 is 2.12 bits per heavy atom. The van der Waals surface area contributed by atoms with E-state index in [1.54, 1.807) is 6.07 Å². The number of aromatic nitrogens is 1. The number of amides is 1. The molecule has 3 saturated heterocycles. The number of halogens is 1. The third-order valence-corrected chi connectivity index (χ3v) is 6.82. The Hall–Kier alpha value is -1.00. The van der Waals surface area contributed by atoms with Crippen LogP contribution in [0, 0.1) is 11.8 Å². The van der Waals surface area contributed by atoms with Gasteiger partial charge in [0.05, 0.1) is 5.02 Å². The molecule has 0 saturated carbocycles. The number of rotatable bonds is 3. The summed E-state index contributed by atoms with van der Waals surface area (Å²) >= 11 is 6.08. The summed E-state index contributed by atoms with van der Waals surface area (Å²) in [4.78, 5) is 18.0. The molecule has 0 aliphatic carbocycles. The molecule has 3 aliphatic heterocycles. The SMILES string of the molecule is CCC[C@H]1CCC[C@H]2[C@@H]3C[C@@H](CN(C(=O)c4cc(Cl)cn4C)C3)CN12. The molecule has 0 aromatic carbocycles. The predicted octanol–water partition coefficient (Wildman–Crippen LogP) is 3.79. The lowest BCUT2D eigenvalue weighted by molar-refractivity contribution is -0.0520. The van der Waals surface area contributed by atoms with E-state index in [0.29, 0.717) is 28.6 Å². The molecular formula is C20H30ClN3O. The van der Waals surface area contributed by atoms with Crippen molar-refractivity contribution in [3.63, 3.8) is 0 Å². The molecule has 0 unspecified atom stereocenters. The van der Waals surface area contributed by atoms with Crippen LogP contribution in [0.1, 0.15) is 55.9 Å². The number of piperidine rings is 3. The maximum Gasteiger partial charge on any atom is 0.270 e. The van der Waals surface area contributed by atoms with Gasteiger partial charge in [-0.15, -0.1) is 0 Å². The minimum atomic E-state index is 0.151. The molecule has 25 heavy (non-hydrogen) atoms. The molecule has 2 bridgehead atoms. The van der Waals surface area contributed by atoms with E-state index in [1.807, 2.05) is 17.8 Å². The van der Waals surface area contributed by atoms with Gasteiger partial charge < -0.3 is 9.47 Å². The number of likely N-dealkylation sites (tertiary alicyclic amines) is 1. The normalized spacial score (nSPS) is 32.5. The van der Waals surface area contributed by atoms with Crippen LogP contribution >= 0.6 is 11.6 Å². The molecule has 1 amide bonds. The van der Waals surface area contributed by atoms with E-state index in [1.165, 1.54) is 45.1 Å². The molecule has 0 spiro atoms. The van der Waals surface area contributed by atoms with Crippen molar-refractivity contribution in [2.45, 2.75) is 57.5 Å². The van der Waals surface area contributed by atoms with Crippen molar-refractivity contribution in [1.29, 1.82) is 0 Å². The fourth-order valence-electron chi connectivity index (χ4n) is 5.62. The molecule has 4 atom stereocenters. The summed E-state index contributed by atoms with van der Waals surface area (Å²) in [5.41, 5.74) is 0.717. The van der Waals surface area contributed by atoms with Gasteiger partial charge in [0, 0.05) is 45.0 Å². The van der Waals surface area contributed by atoms with Crippen molar-refractivity contribution < 1.29 is 4.79 Å². The molecular weight excluding hydrogens is 334 g/mol. The van der Waals surface area contributed by atoms with Gasteiger partial charge >= 0.3 is 0 Å². The Kier molecular flexibility index (Phi) is 4.85. The number of carbonyl (C=O) groups excluding carboxylic acids is 1. The summed E-state index contributed by atoms with van der Waals surface area (Å²) in [6.45, 7) is 5.31. The summed E-state index contributed by atoms with van der Waals surface area (Å²) in [5.74, 6) is 1.43. The molecule has 0 N–H and O–H groups in total. The molecule has 1 aromatic heterocycles. The number of fused-ring (bicyclic) bond motifs is 4. The summed E-state index contributed by atoms with van der Waals surface area (Å²) in [5, 5.41) is 0.643. The van der Waals surface area contributed by atoms with E-state index in [4.69, 9.17) is 11.6 Å². The Balaban J connectivity index is 1.50. The topological polar surface area (TPSA) is 28.5 Å². The second-order valence-electron chi connectivity index (χ2n) is 8.36. The highest BCUT2D eigenvalue weighted by molar-refractivity contribution is 6.31. The molecule has 4 rings (SSSR count). The van der Waals surface area contributed by atoms with Crippen LogP contribution in [-0.2, 0) is 7.05 Å². The van der Waals surface area contributed by atoms with Crippen molar-refractivity contribution in [2.75, 3.05) is 19.6 Å². The number of nitrogens with zero attached hydrogens (tertiary/aromatic N) is 3. The van der Waals surface area contributed by atoms with Crippen molar-refractivity contribution in [2.24, 2.45) is 18.9 Å². The first-order valence-corrected chi connectivity index (χ1v) is 10.3. The number of hydrogen-bond acceptors (Lipinski definition) is 2. The minimum absolute atomic E-state index is 0.151. The molecule has 3 aliphatic rings. The highest BCUT2D eigenvalue weighted by atomic mass is 35.5. The smallest absolute Gasteiger partial charge is 0.270 e. The lowest BCUT2D eigenvalue weighted by Crippen LogP contribution is -2.62. The van der Waals surface area contributed by atoms with Gasteiger partial charge in [0.2, 0.25) is 0 Å². The number of aryl methyl sites for hydroxylation is 1. The molecule has 138 valence electrons. The van der Waals surface area contributed by atoms with Gasteiger partial charge in [-0.25, -0.2) is 0 Å². The molecule has 0 radical (unpaired) electrons. The van der Waals surface area contributed by atoms with Gasteiger partial charge in [-0.2, -0.15) is 0 Å².